The van der Waals surface area contributed by atoms with E-state index >= 15 is 0 Å². The molecule has 4 aromatic rings. The van der Waals surface area contributed by atoms with Gasteiger partial charge >= 0.3 is 12.1 Å². The summed E-state index contributed by atoms with van der Waals surface area (Å²) >= 11 is 1.29. The van der Waals surface area contributed by atoms with Crippen molar-refractivity contribution in [2.45, 2.75) is 32.2 Å². The predicted molar refractivity (Wildman–Crippen MR) is 131 cm³/mol. The average molecular weight is 510 g/mol. The van der Waals surface area contributed by atoms with Gasteiger partial charge in [-0.2, -0.15) is 0 Å². The van der Waals surface area contributed by atoms with Crippen LogP contribution in [0.3, 0.4) is 0 Å². The van der Waals surface area contributed by atoms with Crippen LogP contribution in [-0.2, 0) is 11.2 Å². The molecule has 0 bridgehead atoms. The molecular formula is C25H23N3O7S. The number of rotatable bonds is 6. The van der Waals surface area contributed by atoms with Crippen molar-refractivity contribution >= 4 is 50.5 Å². The van der Waals surface area contributed by atoms with E-state index in [4.69, 9.17) is 14.9 Å². The summed E-state index contributed by atoms with van der Waals surface area (Å²) in [5.41, 5.74) is 6.15. The Hall–Kier alpha value is -3.96. The van der Waals surface area contributed by atoms with E-state index in [1.807, 2.05) is 6.92 Å². The van der Waals surface area contributed by atoms with E-state index < -0.39 is 12.1 Å². The molecule has 0 aliphatic carbocycles. The standard InChI is InChI=1S/C25H23N3O7S/c1-2-17-21(24(31)35-25(26)32)15-6-5-14(10-19(15)34-17)33-18-7-8-27-16-11-20(36-22(16)18)23(30)28-9-3-4-13(28)12-29/h5-8,10-11,13,29H,2-4,9,12H2,1H3,(H2,26,32). The predicted octanol–water partition coefficient (Wildman–Crippen LogP) is 4.23. The number of fused-ring (bicyclic) bond motifs is 2. The Morgan fingerprint density at radius 1 is 1.28 bits per heavy atom. The first-order chi connectivity index (χ1) is 17.4. The second-order valence-corrected chi connectivity index (χ2v) is 9.39. The highest BCUT2D eigenvalue weighted by molar-refractivity contribution is 7.21. The van der Waals surface area contributed by atoms with Gasteiger partial charge in [-0.25, -0.2) is 9.59 Å². The van der Waals surface area contributed by atoms with Crippen molar-refractivity contribution < 1.29 is 33.4 Å². The fourth-order valence-corrected chi connectivity index (χ4v) is 5.49. The number of benzene rings is 1. The van der Waals surface area contributed by atoms with Gasteiger partial charge in [0.05, 0.1) is 27.7 Å². The number of aromatic nitrogens is 1. The van der Waals surface area contributed by atoms with Gasteiger partial charge in [-0.1, -0.05) is 6.92 Å². The molecule has 3 aromatic heterocycles. The third kappa shape index (κ3) is 4.27. The lowest BCUT2D eigenvalue weighted by molar-refractivity contribution is 0.0636. The molecule has 0 spiro atoms. The number of aliphatic hydroxyl groups excluding tert-OH is 1. The summed E-state index contributed by atoms with van der Waals surface area (Å²) in [6.45, 7) is 2.37. The van der Waals surface area contributed by atoms with E-state index in [1.54, 1.807) is 41.4 Å². The quantitative estimate of drug-likeness (QED) is 0.290. The van der Waals surface area contributed by atoms with Gasteiger partial charge in [0.15, 0.2) is 0 Å². The lowest BCUT2D eigenvalue weighted by Crippen LogP contribution is -2.37. The van der Waals surface area contributed by atoms with Crippen molar-refractivity contribution in [3.63, 3.8) is 0 Å². The van der Waals surface area contributed by atoms with E-state index in [1.165, 1.54) is 11.3 Å². The molecular weight excluding hydrogens is 486 g/mol. The second kappa shape index (κ2) is 9.59. The summed E-state index contributed by atoms with van der Waals surface area (Å²) in [5.74, 6) is 0.325. The van der Waals surface area contributed by atoms with E-state index in [2.05, 4.69) is 9.72 Å². The zero-order valence-electron chi connectivity index (χ0n) is 19.4. The molecule has 3 N–H and O–H groups in total. The molecule has 1 unspecified atom stereocenters. The van der Waals surface area contributed by atoms with E-state index in [9.17, 15) is 19.5 Å². The molecule has 36 heavy (non-hydrogen) atoms. The number of nitrogens with two attached hydrogens (primary N) is 1. The molecule has 1 atom stereocenters. The van der Waals surface area contributed by atoms with Crippen LogP contribution in [0.15, 0.2) is 40.9 Å². The number of aliphatic hydroxyl groups is 1. The Kier molecular flexibility index (Phi) is 6.33. The first-order valence-corrected chi connectivity index (χ1v) is 12.3. The van der Waals surface area contributed by atoms with Crippen LogP contribution in [0.4, 0.5) is 4.79 Å². The number of furan rings is 1. The van der Waals surface area contributed by atoms with Crippen molar-refractivity contribution in [3.8, 4) is 11.5 Å². The topological polar surface area (TPSA) is 145 Å². The van der Waals surface area contributed by atoms with Crippen LogP contribution in [0.5, 0.6) is 11.5 Å². The number of primary amides is 1. The van der Waals surface area contributed by atoms with Crippen molar-refractivity contribution in [3.05, 3.63) is 52.7 Å². The van der Waals surface area contributed by atoms with Crippen LogP contribution >= 0.6 is 11.3 Å². The minimum Gasteiger partial charge on any atom is -0.460 e. The summed E-state index contributed by atoms with van der Waals surface area (Å²) in [6, 6.07) is 8.23. The van der Waals surface area contributed by atoms with Crippen LogP contribution < -0.4 is 10.5 Å². The van der Waals surface area contributed by atoms with Gasteiger partial charge in [0.25, 0.3) is 5.91 Å². The number of pyridine rings is 1. The third-order valence-electron chi connectivity index (χ3n) is 6.12. The zero-order chi connectivity index (χ0) is 25.4. The summed E-state index contributed by atoms with van der Waals surface area (Å²) in [7, 11) is 0. The van der Waals surface area contributed by atoms with Crippen LogP contribution in [0.25, 0.3) is 21.2 Å². The number of carbonyl (C=O) groups excluding carboxylic acids is 3. The molecule has 5 rings (SSSR count). The Bertz CT molecular complexity index is 1490. The maximum absolute atomic E-state index is 13.1. The smallest absolute Gasteiger partial charge is 0.412 e. The number of hydrogen-bond donors (Lipinski definition) is 2. The van der Waals surface area contributed by atoms with Crippen molar-refractivity contribution in [1.82, 2.24) is 9.88 Å². The molecule has 1 aliphatic heterocycles. The van der Waals surface area contributed by atoms with E-state index in [0.717, 1.165) is 12.8 Å². The first kappa shape index (κ1) is 23.8. The Balaban J connectivity index is 1.45. The lowest BCUT2D eigenvalue weighted by Gasteiger charge is -2.22. The number of nitrogens with zero attached hydrogens (tertiary/aromatic N) is 2. The van der Waals surface area contributed by atoms with Crippen LogP contribution in [-0.4, -0.2) is 52.2 Å². The third-order valence-corrected chi connectivity index (χ3v) is 7.24. The first-order valence-electron chi connectivity index (χ1n) is 11.4. The highest BCUT2D eigenvalue weighted by Gasteiger charge is 2.30. The Labute approximate surface area is 209 Å². The molecule has 1 saturated heterocycles. The summed E-state index contributed by atoms with van der Waals surface area (Å²) in [5, 5.41) is 10.1. The molecule has 0 radical (unpaired) electrons. The zero-order valence-corrected chi connectivity index (χ0v) is 20.2. The maximum Gasteiger partial charge on any atom is 0.412 e. The van der Waals surface area contributed by atoms with Crippen LogP contribution in [0.1, 0.15) is 45.6 Å². The largest absolute Gasteiger partial charge is 0.460 e. The molecule has 0 saturated carbocycles. The fraction of sp³-hybridized carbons (Fsp3) is 0.280. The molecule has 10 nitrogen and oxygen atoms in total. The maximum atomic E-state index is 13.1. The van der Waals surface area contributed by atoms with Gasteiger partial charge in [0, 0.05) is 36.7 Å². The molecule has 1 fully saturated rings. The number of hydrogen-bond acceptors (Lipinski definition) is 9. The molecule has 1 aromatic carbocycles. The minimum atomic E-state index is -1.19. The molecule has 2 amide bonds. The van der Waals surface area contributed by atoms with E-state index in [-0.39, 0.29) is 24.1 Å². The monoisotopic (exact) mass is 509 g/mol. The normalized spacial score (nSPS) is 15.5. The molecule has 4 heterocycles. The lowest BCUT2D eigenvalue weighted by atomic mass is 10.1. The van der Waals surface area contributed by atoms with Crippen molar-refractivity contribution in [1.29, 1.82) is 0 Å². The van der Waals surface area contributed by atoms with Gasteiger partial charge in [0.2, 0.25) is 0 Å². The molecule has 1 aliphatic rings. The average Bonchev–Trinajstić information content (AvgIpc) is 3.59. The number of thiophene rings is 1. The highest BCUT2D eigenvalue weighted by Crippen LogP contribution is 2.38. The Morgan fingerprint density at radius 3 is 2.86 bits per heavy atom. The number of aryl methyl sites for hydroxylation is 1. The fourth-order valence-electron chi connectivity index (χ4n) is 4.47. The SMILES string of the molecule is CCc1oc2cc(Oc3ccnc4cc(C(=O)N5CCCC5CO)sc34)ccc2c1C(=O)OC(N)=O. The second-order valence-electron chi connectivity index (χ2n) is 8.33. The van der Waals surface area contributed by atoms with Crippen LogP contribution in [0, 0.1) is 0 Å². The molecule has 186 valence electrons. The van der Waals surface area contributed by atoms with Gasteiger partial charge in [-0.05, 0) is 31.0 Å². The van der Waals surface area contributed by atoms with Gasteiger partial charge < -0.3 is 29.6 Å². The number of ether oxygens (including phenoxy) is 2. The van der Waals surface area contributed by atoms with Gasteiger partial charge in [-0.3, -0.25) is 9.78 Å². The van der Waals surface area contributed by atoms with Crippen molar-refractivity contribution in [2.75, 3.05) is 13.2 Å². The minimum absolute atomic E-state index is 0.0553. The summed E-state index contributed by atoms with van der Waals surface area (Å²) < 4.78 is 17.2. The number of esters is 1. The van der Waals surface area contributed by atoms with Gasteiger partial charge in [0.1, 0.15) is 28.4 Å². The number of amides is 2. The number of likely N-dealkylation sites (tertiary alicyclic amines) is 1. The summed E-state index contributed by atoms with van der Waals surface area (Å²) in [4.78, 5) is 43.1. The summed E-state index contributed by atoms with van der Waals surface area (Å²) in [6.07, 6.45) is 2.47. The van der Waals surface area contributed by atoms with E-state index in [0.29, 0.717) is 56.3 Å². The Morgan fingerprint density at radius 2 is 2.11 bits per heavy atom. The highest BCUT2D eigenvalue weighted by atomic mass is 32.1. The molecule has 11 heteroatoms. The van der Waals surface area contributed by atoms with Crippen LogP contribution in [0.2, 0.25) is 0 Å². The van der Waals surface area contributed by atoms with Gasteiger partial charge in [-0.15, -0.1) is 11.3 Å². The number of carbonyl (C=O) groups is 3. The van der Waals surface area contributed by atoms with Crippen molar-refractivity contribution in [2.24, 2.45) is 5.73 Å².